The van der Waals surface area contributed by atoms with Crippen molar-refractivity contribution >= 4 is 27.6 Å². The molecule has 0 aliphatic rings. The van der Waals surface area contributed by atoms with E-state index in [9.17, 15) is 13.6 Å². The van der Waals surface area contributed by atoms with Gasteiger partial charge in [-0.25, -0.2) is 8.78 Å². The summed E-state index contributed by atoms with van der Waals surface area (Å²) in [4.78, 5) is 10.2. The Morgan fingerprint density at radius 1 is 1.38 bits per heavy atom. The molecule has 1 rings (SSSR count). The number of benzene rings is 1. The zero-order valence-electron chi connectivity index (χ0n) is 8.27. The van der Waals surface area contributed by atoms with Crippen LogP contribution in [0.1, 0.15) is 12.8 Å². The molecule has 16 heavy (non-hydrogen) atoms. The number of hydrogen-bond donors (Lipinski definition) is 2. The summed E-state index contributed by atoms with van der Waals surface area (Å²) in [5.74, 6) is -2.34. The molecule has 0 saturated carbocycles. The maximum absolute atomic E-state index is 13.2. The highest BCUT2D eigenvalue weighted by atomic mass is 79.9. The van der Waals surface area contributed by atoms with Crippen molar-refractivity contribution in [2.75, 3.05) is 11.9 Å². The van der Waals surface area contributed by atoms with E-state index in [4.69, 9.17) is 5.11 Å². The van der Waals surface area contributed by atoms with Crippen LogP contribution in [-0.4, -0.2) is 17.6 Å². The Kier molecular flexibility index (Phi) is 4.67. The van der Waals surface area contributed by atoms with E-state index in [1.807, 2.05) is 0 Å². The largest absolute Gasteiger partial charge is 0.481 e. The van der Waals surface area contributed by atoms with E-state index in [-0.39, 0.29) is 18.7 Å². The molecular weight excluding hydrogens is 284 g/mol. The second kappa shape index (κ2) is 5.79. The summed E-state index contributed by atoms with van der Waals surface area (Å²) in [6.07, 6.45) is 0.275. The second-order valence-electron chi connectivity index (χ2n) is 3.17. The van der Waals surface area contributed by atoms with E-state index < -0.39 is 17.6 Å². The minimum Gasteiger partial charge on any atom is -0.481 e. The summed E-state index contributed by atoms with van der Waals surface area (Å²) < 4.78 is 26.8. The lowest BCUT2D eigenvalue weighted by Gasteiger charge is -2.08. The number of carbonyl (C=O) groups is 1. The van der Waals surface area contributed by atoms with Crippen molar-refractivity contribution in [1.82, 2.24) is 0 Å². The summed E-state index contributed by atoms with van der Waals surface area (Å²) in [5.41, 5.74) is -0.228. The van der Waals surface area contributed by atoms with Gasteiger partial charge in [-0.2, -0.15) is 0 Å². The molecule has 2 N–H and O–H groups in total. The monoisotopic (exact) mass is 293 g/mol. The van der Waals surface area contributed by atoms with Gasteiger partial charge in [0.2, 0.25) is 0 Å². The third-order valence-corrected chi connectivity index (χ3v) is 2.33. The van der Waals surface area contributed by atoms with Gasteiger partial charge in [0.05, 0.1) is 0 Å². The molecule has 0 saturated heterocycles. The zero-order chi connectivity index (χ0) is 12.1. The molecule has 1 aromatic carbocycles. The van der Waals surface area contributed by atoms with Gasteiger partial charge in [-0.1, -0.05) is 15.9 Å². The van der Waals surface area contributed by atoms with Crippen molar-refractivity contribution in [1.29, 1.82) is 0 Å². The Balaban J connectivity index is 2.57. The number of halogens is 3. The van der Waals surface area contributed by atoms with Crippen LogP contribution in [0.25, 0.3) is 0 Å². The highest BCUT2D eigenvalue weighted by molar-refractivity contribution is 9.10. The van der Waals surface area contributed by atoms with Gasteiger partial charge in [0.15, 0.2) is 0 Å². The number of aliphatic carboxylic acids is 1. The topological polar surface area (TPSA) is 49.3 Å². The molecule has 0 amide bonds. The first-order valence-corrected chi connectivity index (χ1v) is 5.40. The lowest BCUT2D eigenvalue weighted by Crippen LogP contribution is -2.07. The number of carboxylic acids is 1. The van der Waals surface area contributed by atoms with Crippen molar-refractivity contribution in [3.63, 3.8) is 0 Å². The fraction of sp³-hybridized carbons (Fsp3) is 0.300. The molecular formula is C10H10BrF2NO2. The first-order valence-electron chi connectivity index (χ1n) is 4.61. The summed E-state index contributed by atoms with van der Waals surface area (Å²) in [5, 5.41) is 10.9. The predicted molar refractivity (Wildman–Crippen MR) is 59.4 cm³/mol. The molecule has 3 nitrogen and oxygen atoms in total. The smallest absolute Gasteiger partial charge is 0.303 e. The van der Waals surface area contributed by atoms with Crippen LogP contribution in [0.3, 0.4) is 0 Å². The van der Waals surface area contributed by atoms with E-state index in [2.05, 4.69) is 21.2 Å². The van der Waals surface area contributed by atoms with Crippen LogP contribution in [0.5, 0.6) is 0 Å². The van der Waals surface area contributed by atoms with Crippen LogP contribution in [0.2, 0.25) is 0 Å². The average Bonchev–Trinajstić information content (AvgIpc) is 2.14. The average molecular weight is 294 g/mol. The molecule has 88 valence electrons. The number of anilines is 1. The quantitative estimate of drug-likeness (QED) is 0.821. The third-order valence-electron chi connectivity index (χ3n) is 1.88. The minimum atomic E-state index is -0.932. The standard InChI is InChI=1S/C10H10BrF2NO2/c11-6-4-7(12)10(8(13)5-6)14-3-1-2-9(15)16/h4-5,14H,1-3H2,(H,15,16). The van der Waals surface area contributed by atoms with E-state index in [1.54, 1.807) is 0 Å². The van der Waals surface area contributed by atoms with Gasteiger partial charge in [0.1, 0.15) is 17.3 Å². The molecule has 0 radical (unpaired) electrons. The van der Waals surface area contributed by atoms with Gasteiger partial charge < -0.3 is 10.4 Å². The lowest BCUT2D eigenvalue weighted by atomic mass is 10.2. The van der Waals surface area contributed by atoms with E-state index in [1.165, 1.54) is 0 Å². The fourth-order valence-electron chi connectivity index (χ4n) is 1.16. The lowest BCUT2D eigenvalue weighted by molar-refractivity contribution is -0.137. The number of carboxylic acid groups (broad SMARTS) is 1. The normalized spacial score (nSPS) is 10.2. The number of rotatable bonds is 5. The van der Waals surface area contributed by atoms with Crippen molar-refractivity contribution < 1.29 is 18.7 Å². The van der Waals surface area contributed by atoms with E-state index in [0.29, 0.717) is 10.9 Å². The maximum Gasteiger partial charge on any atom is 0.303 e. The molecule has 0 heterocycles. The van der Waals surface area contributed by atoms with Crippen LogP contribution < -0.4 is 5.32 Å². The van der Waals surface area contributed by atoms with Crippen molar-refractivity contribution in [2.24, 2.45) is 0 Å². The van der Waals surface area contributed by atoms with Crippen LogP contribution in [0.4, 0.5) is 14.5 Å². The molecule has 0 spiro atoms. The molecule has 6 heteroatoms. The van der Waals surface area contributed by atoms with Crippen LogP contribution >= 0.6 is 15.9 Å². The SMILES string of the molecule is O=C(O)CCCNc1c(F)cc(Br)cc1F. The summed E-state index contributed by atoms with van der Waals surface area (Å²) >= 11 is 2.96. The Hall–Kier alpha value is -1.17. The van der Waals surface area contributed by atoms with Gasteiger partial charge in [-0.3, -0.25) is 4.79 Å². The summed E-state index contributed by atoms with van der Waals surface area (Å²) in [7, 11) is 0. The molecule has 0 aliphatic heterocycles. The number of hydrogen-bond acceptors (Lipinski definition) is 2. The maximum atomic E-state index is 13.2. The summed E-state index contributed by atoms with van der Waals surface area (Å²) in [6, 6.07) is 2.28. The second-order valence-corrected chi connectivity index (χ2v) is 4.08. The van der Waals surface area contributed by atoms with Gasteiger partial charge in [0.25, 0.3) is 0 Å². The Bertz CT molecular complexity index is 375. The minimum absolute atomic E-state index is 0.0350. The molecule has 0 fully saturated rings. The molecule has 1 aromatic rings. The highest BCUT2D eigenvalue weighted by Crippen LogP contribution is 2.23. The Morgan fingerprint density at radius 2 is 1.94 bits per heavy atom. The fourth-order valence-corrected chi connectivity index (χ4v) is 1.57. The van der Waals surface area contributed by atoms with Crippen LogP contribution in [0.15, 0.2) is 16.6 Å². The third kappa shape index (κ3) is 3.77. The van der Waals surface area contributed by atoms with Crippen molar-refractivity contribution in [2.45, 2.75) is 12.8 Å². The molecule has 0 aromatic heterocycles. The van der Waals surface area contributed by atoms with E-state index in [0.717, 1.165) is 12.1 Å². The molecule has 0 atom stereocenters. The summed E-state index contributed by atoms with van der Waals surface area (Å²) in [6.45, 7) is 0.210. The van der Waals surface area contributed by atoms with Gasteiger partial charge >= 0.3 is 5.97 Å². The molecule has 0 aliphatic carbocycles. The van der Waals surface area contributed by atoms with Gasteiger partial charge in [0, 0.05) is 17.4 Å². The number of nitrogens with one attached hydrogen (secondary N) is 1. The molecule has 0 bridgehead atoms. The van der Waals surface area contributed by atoms with Gasteiger partial charge in [-0.05, 0) is 18.6 Å². The van der Waals surface area contributed by atoms with Crippen molar-refractivity contribution in [3.8, 4) is 0 Å². The Labute approximate surface area is 99.6 Å². The van der Waals surface area contributed by atoms with E-state index >= 15 is 0 Å². The molecule has 0 unspecified atom stereocenters. The first kappa shape index (κ1) is 12.9. The van der Waals surface area contributed by atoms with Gasteiger partial charge in [-0.15, -0.1) is 0 Å². The zero-order valence-corrected chi connectivity index (χ0v) is 9.85. The van der Waals surface area contributed by atoms with Crippen LogP contribution in [-0.2, 0) is 4.79 Å². The Morgan fingerprint density at radius 3 is 2.44 bits per heavy atom. The predicted octanol–water partition coefficient (Wildman–Crippen LogP) is 3.00. The highest BCUT2D eigenvalue weighted by Gasteiger charge is 2.09. The first-order chi connectivity index (χ1) is 7.50. The van der Waals surface area contributed by atoms with Crippen LogP contribution in [0, 0.1) is 11.6 Å². The van der Waals surface area contributed by atoms with Crippen molar-refractivity contribution in [3.05, 3.63) is 28.2 Å².